The maximum absolute atomic E-state index is 12.4. The van der Waals surface area contributed by atoms with E-state index in [1.165, 1.54) is 24.0 Å². The Morgan fingerprint density at radius 1 is 0.838 bits per heavy atom. The molecule has 3 heterocycles. The molecule has 3 aromatic rings. The summed E-state index contributed by atoms with van der Waals surface area (Å²) in [5.74, 6) is 3.07. The van der Waals surface area contributed by atoms with Crippen molar-refractivity contribution in [3.8, 4) is 22.4 Å². The minimum absolute atomic E-state index is 0.322. The van der Waals surface area contributed by atoms with E-state index in [-0.39, 0.29) is 0 Å². The SMILES string of the molecule is CC1CCN(c2cccc(-c3cc(Cl)ccc3-c3ccc(C4CCN(C(=O)C5CC5)CC4)cc3)n2)CC1. The number of piperidine rings is 2. The summed E-state index contributed by atoms with van der Waals surface area (Å²) in [5.41, 5.74) is 5.73. The molecule has 0 bridgehead atoms. The highest BCUT2D eigenvalue weighted by Crippen LogP contribution is 2.37. The zero-order chi connectivity index (χ0) is 25.4. The molecule has 2 aromatic carbocycles. The number of anilines is 1. The number of hydrogen-bond acceptors (Lipinski definition) is 3. The Kier molecular flexibility index (Phi) is 6.94. The summed E-state index contributed by atoms with van der Waals surface area (Å²) in [6.45, 7) is 6.25. The zero-order valence-corrected chi connectivity index (χ0v) is 22.5. The van der Waals surface area contributed by atoms with Crippen molar-refractivity contribution < 1.29 is 4.79 Å². The van der Waals surface area contributed by atoms with Gasteiger partial charge in [-0.1, -0.05) is 54.9 Å². The van der Waals surface area contributed by atoms with Crippen LogP contribution in [0.15, 0.2) is 60.7 Å². The third-order valence-corrected chi connectivity index (χ3v) is 8.76. The van der Waals surface area contributed by atoms with Gasteiger partial charge in [-0.2, -0.15) is 0 Å². The third-order valence-electron chi connectivity index (χ3n) is 8.53. The number of hydrogen-bond donors (Lipinski definition) is 0. The van der Waals surface area contributed by atoms with Crippen LogP contribution in [0.4, 0.5) is 5.82 Å². The van der Waals surface area contributed by atoms with Crippen molar-refractivity contribution in [1.82, 2.24) is 9.88 Å². The van der Waals surface area contributed by atoms with Crippen molar-refractivity contribution in [1.29, 1.82) is 0 Å². The summed E-state index contributed by atoms with van der Waals surface area (Å²) in [4.78, 5) is 22.0. The average Bonchev–Trinajstić information content (AvgIpc) is 3.79. The van der Waals surface area contributed by atoms with Crippen molar-refractivity contribution in [2.75, 3.05) is 31.1 Å². The summed E-state index contributed by atoms with van der Waals surface area (Å²) in [5, 5.41) is 0.724. The predicted octanol–water partition coefficient (Wildman–Crippen LogP) is 7.42. The van der Waals surface area contributed by atoms with Crippen LogP contribution in [0.5, 0.6) is 0 Å². The van der Waals surface area contributed by atoms with Crippen molar-refractivity contribution >= 4 is 23.3 Å². The van der Waals surface area contributed by atoms with Crippen molar-refractivity contribution in [3.05, 3.63) is 71.2 Å². The minimum atomic E-state index is 0.322. The van der Waals surface area contributed by atoms with E-state index in [1.54, 1.807) is 0 Å². The zero-order valence-electron chi connectivity index (χ0n) is 21.7. The Labute approximate surface area is 225 Å². The first-order chi connectivity index (χ1) is 18.0. The Balaban J connectivity index is 1.21. The van der Waals surface area contributed by atoms with E-state index >= 15 is 0 Å². The molecule has 1 aliphatic carbocycles. The van der Waals surface area contributed by atoms with Gasteiger partial charge < -0.3 is 9.80 Å². The second kappa shape index (κ2) is 10.5. The van der Waals surface area contributed by atoms with Crippen LogP contribution >= 0.6 is 11.6 Å². The normalized spacial score (nSPS) is 19.3. The van der Waals surface area contributed by atoms with Crippen LogP contribution in [0, 0.1) is 11.8 Å². The highest BCUT2D eigenvalue weighted by atomic mass is 35.5. The summed E-state index contributed by atoms with van der Waals surface area (Å²) < 4.78 is 0. The van der Waals surface area contributed by atoms with Gasteiger partial charge in [0.25, 0.3) is 0 Å². The molecular weight excluding hydrogens is 478 g/mol. The van der Waals surface area contributed by atoms with Crippen LogP contribution < -0.4 is 4.90 Å². The van der Waals surface area contributed by atoms with Gasteiger partial charge in [-0.15, -0.1) is 0 Å². The molecule has 2 saturated heterocycles. The number of amides is 1. The van der Waals surface area contributed by atoms with E-state index in [2.05, 4.69) is 65.3 Å². The lowest BCUT2D eigenvalue weighted by Gasteiger charge is -2.32. The number of carbonyl (C=O) groups is 1. The van der Waals surface area contributed by atoms with E-state index in [0.29, 0.717) is 17.7 Å². The van der Waals surface area contributed by atoms with Crippen LogP contribution in [0.25, 0.3) is 22.4 Å². The molecule has 1 amide bonds. The second-order valence-electron chi connectivity index (χ2n) is 11.2. The number of pyridine rings is 1. The number of carbonyl (C=O) groups excluding carboxylic acids is 1. The molecule has 4 nitrogen and oxygen atoms in total. The van der Waals surface area contributed by atoms with Gasteiger partial charge in [0.1, 0.15) is 5.82 Å². The highest BCUT2D eigenvalue weighted by molar-refractivity contribution is 6.31. The van der Waals surface area contributed by atoms with Gasteiger partial charge >= 0.3 is 0 Å². The molecular formula is C32H36ClN3O. The largest absolute Gasteiger partial charge is 0.357 e. The first-order valence-electron chi connectivity index (χ1n) is 14.0. The molecule has 3 aliphatic rings. The number of benzene rings is 2. The van der Waals surface area contributed by atoms with Crippen LogP contribution in [0.3, 0.4) is 0 Å². The highest BCUT2D eigenvalue weighted by Gasteiger charge is 2.35. The van der Waals surface area contributed by atoms with Gasteiger partial charge in [-0.3, -0.25) is 4.79 Å². The molecule has 5 heteroatoms. The maximum Gasteiger partial charge on any atom is 0.225 e. The predicted molar refractivity (Wildman–Crippen MR) is 152 cm³/mol. The van der Waals surface area contributed by atoms with Crippen molar-refractivity contribution in [2.45, 2.75) is 51.4 Å². The summed E-state index contributed by atoms with van der Waals surface area (Å²) in [6, 6.07) is 21.5. The monoisotopic (exact) mass is 513 g/mol. The smallest absolute Gasteiger partial charge is 0.225 e. The number of nitrogens with zero attached hydrogens (tertiary/aromatic N) is 3. The molecule has 1 aromatic heterocycles. The summed E-state index contributed by atoms with van der Waals surface area (Å²) >= 11 is 6.48. The Morgan fingerprint density at radius 2 is 1.57 bits per heavy atom. The lowest BCUT2D eigenvalue weighted by molar-refractivity contribution is -0.133. The molecule has 6 rings (SSSR count). The second-order valence-corrected chi connectivity index (χ2v) is 11.7. The fourth-order valence-electron chi connectivity index (χ4n) is 5.92. The van der Waals surface area contributed by atoms with E-state index in [1.807, 2.05) is 12.1 Å². The fourth-order valence-corrected chi connectivity index (χ4v) is 6.10. The fraction of sp³-hybridized carbons (Fsp3) is 0.438. The lowest BCUT2D eigenvalue weighted by atomic mass is 9.88. The van der Waals surface area contributed by atoms with E-state index in [4.69, 9.17) is 16.6 Å². The number of aromatic nitrogens is 1. The van der Waals surface area contributed by atoms with Crippen LogP contribution in [-0.4, -0.2) is 42.0 Å². The van der Waals surface area contributed by atoms with Crippen LogP contribution in [-0.2, 0) is 4.79 Å². The van der Waals surface area contributed by atoms with Crippen molar-refractivity contribution in [2.24, 2.45) is 11.8 Å². The van der Waals surface area contributed by atoms with Gasteiger partial charge in [-0.05, 0) is 91.3 Å². The van der Waals surface area contributed by atoms with E-state index < -0.39 is 0 Å². The quantitative estimate of drug-likeness (QED) is 0.356. The van der Waals surface area contributed by atoms with Gasteiger partial charge in [0.15, 0.2) is 0 Å². The van der Waals surface area contributed by atoms with Crippen molar-refractivity contribution in [3.63, 3.8) is 0 Å². The third kappa shape index (κ3) is 5.40. The summed E-state index contributed by atoms with van der Waals surface area (Å²) in [6.07, 6.45) is 6.72. The van der Waals surface area contributed by atoms with Gasteiger partial charge in [0, 0.05) is 42.7 Å². The Bertz CT molecular complexity index is 1250. The molecule has 0 spiro atoms. The standard InChI is InChI=1S/C32H36ClN3O/c1-22-13-17-35(18-14-22)31-4-2-3-30(34-31)29-21-27(33)11-12-28(29)25-7-5-23(6-8-25)24-15-19-36(20-16-24)32(37)26-9-10-26/h2-8,11-12,21-22,24,26H,9-10,13-20H2,1H3. The van der Waals surface area contributed by atoms with E-state index in [9.17, 15) is 4.79 Å². The molecule has 3 fully saturated rings. The molecule has 0 N–H and O–H groups in total. The van der Waals surface area contributed by atoms with Crippen LogP contribution in [0.2, 0.25) is 5.02 Å². The molecule has 37 heavy (non-hydrogen) atoms. The molecule has 0 radical (unpaired) electrons. The van der Waals surface area contributed by atoms with E-state index in [0.717, 1.165) is 85.4 Å². The molecule has 2 aliphatic heterocycles. The van der Waals surface area contributed by atoms with Crippen LogP contribution in [0.1, 0.15) is 56.9 Å². The lowest BCUT2D eigenvalue weighted by Crippen LogP contribution is -2.38. The van der Waals surface area contributed by atoms with Gasteiger partial charge in [0.05, 0.1) is 5.69 Å². The number of halogens is 1. The summed E-state index contributed by atoms with van der Waals surface area (Å²) in [7, 11) is 0. The first-order valence-corrected chi connectivity index (χ1v) is 14.3. The molecule has 192 valence electrons. The van der Waals surface area contributed by atoms with Gasteiger partial charge in [0.2, 0.25) is 5.91 Å². The topological polar surface area (TPSA) is 36.4 Å². The van der Waals surface area contributed by atoms with Gasteiger partial charge in [-0.25, -0.2) is 4.98 Å². The Morgan fingerprint density at radius 3 is 2.27 bits per heavy atom. The number of rotatable bonds is 5. The maximum atomic E-state index is 12.4. The average molecular weight is 514 g/mol. The Hall–Kier alpha value is -2.85. The minimum Gasteiger partial charge on any atom is -0.357 e. The number of likely N-dealkylation sites (tertiary alicyclic amines) is 1. The molecule has 0 atom stereocenters. The molecule has 0 unspecified atom stereocenters. The molecule has 1 saturated carbocycles. The first kappa shape index (κ1) is 24.5.